The topological polar surface area (TPSA) is 66.9 Å². The Morgan fingerprint density at radius 1 is 1.07 bits per heavy atom. The van der Waals surface area contributed by atoms with Crippen LogP contribution in [0.5, 0.6) is 0 Å². The van der Waals surface area contributed by atoms with E-state index in [1.54, 1.807) is 24.3 Å². The molecule has 0 spiro atoms. The lowest BCUT2D eigenvalue weighted by molar-refractivity contribution is -0.141. The van der Waals surface area contributed by atoms with Crippen LogP contribution in [0.3, 0.4) is 0 Å². The van der Waals surface area contributed by atoms with E-state index in [9.17, 15) is 13.2 Å². The molecule has 2 bridgehead atoms. The second-order valence-electron chi connectivity index (χ2n) is 8.07. The molecule has 2 saturated heterocycles. The van der Waals surface area contributed by atoms with Crippen LogP contribution in [0.1, 0.15) is 19.3 Å². The summed E-state index contributed by atoms with van der Waals surface area (Å²) >= 11 is 0. The molecule has 1 aromatic carbocycles. The first-order valence-corrected chi connectivity index (χ1v) is 11.6. The zero-order valence-corrected chi connectivity index (χ0v) is 16.4. The first-order chi connectivity index (χ1) is 13.0. The van der Waals surface area contributed by atoms with Gasteiger partial charge in [0.25, 0.3) is 0 Å². The molecule has 2 atom stereocenters. The third-order valence-electron chi connectivity index (χ3n) is 6.06. The zero-order chi connectivity index (χ0) is 18.9. The van der Waals surface area contributed by atoms with Crippen LogP contribution < -0.4 is 0 Å². The summed E-state index contributed by atoms with van der Waals surface area (Å²) in [5.74, 6) is 0.825. The molecule has 1 amide bonds. The summed E-state index contributed by atoms with van der Waals surface area (Å²) in [5, 5.41) is 0. The van der Waals surface area contributed by atoms with Gasteiger partial charge in [0.05, 0.1) is 29.9 Å². The van der Waals surface area contributed by atoms with Crippen LogP contribution >= 0.6 is 0 Å². The van der Waals surface area contributed by atoms with Crippen LogP contribution in [-0.2, 0) is 19.4 Å². The van der Waals surface area contributed by atoms with Gasteiger partial charge in [-0.2, -0.15) is 0 Å². The Kier molecular flexibility index (Phi) is 5.53. The fourth-order valence-electron chi connectivity index (χ4n) is 4.28. The van der Waals surface area contributed by atoms with Gasteiger partial charge in [0.2, 0.25) is 5.91 Å². The van der Waals surface area contributed by atoms with E-state index in [0.29, 0.717) is 31.2 Å². The number of sulfone groups is 1. The number of hydrogen-bond acceptors (Lipinski definition) is 5. The maximum Gasteiger partial charge on any atom is 0.226 e. The lowest BCUT2D eigenvalue weighted by Crippen LogP contribution is -2.49. The van der Waals surface area contributed by atoms with Gasteiger partial charge in [-0.05, 0) is 25.0 Å². The first kappa shape index (κ1) is 18.9. The molecule has 1 saturated carbocycles. The molecular formula is C20H28N2O4S. The summed E-state index contributed by atoms with van der Waals surface area (Å²) in [7, 11) is -3.29. The number of amides is 1. The predicted octanol–water partition coefficient (Wildman–Crippen LogP) is 1.42. The van der Waals surface area contributed by atoms with Gasteiger partial charge >= 0.3 is 0 Å². The summed E-state index contributed by atoms with van der Waals surface area (Å²) in [6.07, 6.45) is 3.16. The summed E-state index contributed by atoms with van der Waals surface area (Å²) in [6, 6.07) is 8.67. The minimum Gasteiger partial charge on any atom is -0.379 e. The molecule has 148 valence electrons. The lowest BCUT2D eigenvalue weighted by Gasteiger charge is -2.35. The summed E-state index contributed by atoms with van der Waals surface area (Å²) in [4.78, 5) is 17.5. The number of carbonyl (C=O) groups is 1. The van der Waals surface area contributed by atoms with Gasteiger partial charge in [-0.1, -0.05) is 24.6 Å². The Labute approximate surface area is 161 Å². The summed E-state index contributed by atoms with van der Waals surface area (Å²) < 4.78 is 31.0. The van der Waals surface area contributed by atoms with Crippen molar-refractivity contribution in [2.45, 2.75) is 30.2 Å². The molecule has 3 aliphatic rings. The van der Waals surface area contributed by atoms with Crippen LogP contribution in [0.4, 0.5) is 0 Å². The minimum atomic E-state index is -3.29. The number of nitrogens with zero attached hydrogens (tertiary/aromatic N) is 2. The second-order valence-corrected chi connectivity index (χ2v) is 10.2. The molecule has 27 heavy (non-hydrogen) atoms. The van der Waals surface area contributed by atoms with E-state index >= 15 is 0 Å². The Hall–Kier alpha value is -1.44. The number of carbonyl (C=O) groups excluding carboxylic acids is 1. The third kappa shape index (κ3) is 4.20. The highest BCUT2D eigenvalue weighted by Gasteiger charge is 2.39. The van der Waals surface area contributed by atoms with Gasteiger partial charge in [0, 0.05) is 38.0 Å². The molecule has 0 aromatic heterocycles. The number of rotatable bonds is 5. The van der Waals surface area contributed by atoms with E-state index in [0.717, 1.165) is 32.4 Å². The molecule has 0 unspecified atom stereocenters. The van der Waals surface area contributed by atoms with Crippen LogP contribution in [0.25, 0.3) is 0 Å². The Morgan fingerprint density at radius 2 is 1.85 bits per heavy atom. The molecule has 2 heterocycles. The van der Waals surface area contributed by atoms with Crippen LogP contribution in [0.2, 0.25) is 0 Å². The monoisotopic (exact) mass is 392 g/mol. The highest BCUT2D eigenvalue weighted by molar-refractivity contribution is 7.91. The minimum absolute atomic E-state index is 0.0324. The van der Waals surface area contributed by atoms with Crippen LogP contribution in [0, 0.1) is 11.8 Å². The van der Waals surface area contributed by atoms with Gasteiger partial charge in [-0.3, -0.25) is 9.69 Å². The number of hydrogen-bond donors (Lipinski definition) is 0. The predicted molar refractivity (Wildman–Crippen MR) is 102 cm³/mol. The van der Waals surface area contributed by atoms with Crippen molar-refractivity contribution in [3.63, 3.8) is 0 Å². The average molecular weight is 393 g/mol. The Morgan fingerprint density at radius 3 is 2.56 bits per heavy atom. The zero-order valence-electron chi connectivity index (χ0n) is 15.6. The molecule has 0 N–H and O–H groups in total. The van der Waals surface area contributed by atoms with E-state index in [2.05, 4.69) is 4.90 Å². The van der Waals surface area contributed by atoms with Crippen molar-refractivity contribution < 1.29 is 17.9 Å². The van der Waals surface area contributed by atoms with Crippen LogP contribution in [0.15, 0.2) is 35.2 Å². The first-order valence-electron chi connectivity index (χ1n) is 9.91. The van der Waals surface area contributed by atoms with Gasteiger partial charge in [-0.15, -0.1) is 0 Å². The quantitative estimate of drug-likeness (QED) is 0.758. The van der Waals surface area contributed by atoms with Gasteiger partial charge < -0.3 is 9.64 Å². The largest absolute Gasteiger partial charge is 0.379 e. The lowest BCUT2D eigenvalue weighted by atomic mass is 9.84. The number of ether oxygens (including phenoxy) is 1. The van der Waals surface area contributed by atoms with Gasteiger partial charge in [-0.25, -0.2) is 8.42 Å². The van der Waals surface area contributed by atoms with Crippen molar-refractivity contribution in [3.8, 4) is 0 Å². The fourth-order valence-corrected chi connectivity index (χ4v) is 5.58. The van der Waals surface area contributed by atoms with E-state index < -0.39 is 9.84 Å². The van der Waals surface area contributed by atoms with E-state index in [4.69, 9.17) is 4.74 Å². The maximum atomic E-state index is 12.8. The molecule has 1 aromatic rings. The normalized spacial score (nSPS) is 27.0. The van der Waals surface area contributed by atoms with E-state index in [1.807, 2.05) is 11.0 Å². The van der Waals surface area contributed by atoms with E-state index in [-0.39, 0.29) is 29.5 Å². The summed E-state index contributed by atoms with van der Waals surface area (Å²) in [6.45, 7) is 3.91. The highest BCUT2D eigenvalue weighted by Crippen LogP contribution is 2.31. The highest BCUT2D eigenvalue weighted by atomic mass is 32.2. The second kappa shape index (κ2) is 7.89. The molecule has 1 aliphatic carbocycles. The van der Waals surface area contributed by atoms with E-state index in [1.165, 1.54) is 0 Å². The van der Waals surface area contributed by atoms with Crippen molar-refractivity contribution in [2.75, 3.05) is 45.1 Å². The molecule has 2 aliphatic heterocycles. The molecule has 0 radical (unpaired) electrons. The Balaban J connectivity index is 1.42. The smallest absolute Gasteiger partial charge is 0.226 e. The van der Waals surface area contributed by atoms with Crippen LogP contribution in [-0.4, -0.2) is 75.3 Å². The standard InChI is InChI=1S/C20H28N2O4S/c23-20(17-5-4-6-17)22-12-16-11-21(13-18(22)15-26-14-16)9-10-27(24,25)19-7-2-1-3-8-19/h1-3,7-8,16-18H,4-6,9-15H2/t16-,18-/m0/s1. The SMILES string of the molecule is O=C(C1CCC1)N1C[C@H]2COC[C@@H]1CN(CCS(=O)(=O)c1ccccc1)C2. The molecule has 7 heteroatoms. The number of fused-ring (bicyclic) bond motifs is 3. The third-order valence-corrected chi connectivity index (χ3v) is 7.77. The molecule has 4 rings (SSSR count). The van der Waals surface area contributed by atoms with Crippen molar-refractivity contribution in [1.82, 2.24) is 9.80 Å². The molecule has 3 fully saturated rings. The van der Waals surface area contributed by atoms with Crippen molar-refractivity contribution in [3.05, 3.63) is 30.3 Å². The van der Waals surface area contributed by atoms with Crippen molar-refractivity contribution in [2.24, 2.45) is 11.8 Å². The van der Waals surface area contributed by atoms with Crippen molar-refractivity contribution >= 4 is 15.7 Å². The maximum absolute atomic E-state index is 12.8. The van der Waals surface area contributed by atoms with Gasteiger partial charge in [0.15, 0.2) is 9.84 Å². The fraction of sp³-hybridized carbons (Fsp3) is 0.650. The summed E-state index contributed by atoms with van der Waals surface area (Å²) in [5.41, 5.74) is 0. The average Bonchev–Trinajstić information content (AvgIpc) is 2.90. The van der Waals surface area contributed by atoms with Gasteiger partial charge in [0.1, 0.15) is 0 Å². The number of benzene rings is 1. The molecular weight excluding hydrogens is 364 g/mol. The molecule has 6 nitrogen and oxygen atoms in total. The van der Waals surface area contributed by atoms with Crippen molar-refractivity contribution in [1.29, 1.82) is 0 Å². The Bertz CT molecular complexity index is 763.